The molecule has 176 valence electrons. The van der Waals surface area contributed by atoms with Crippen molar-refractivity contribution < 1.29 is 23.4 Å². The number of carbonyl (C=O) groups is 2. The van der Waals surface area contributed by atoms with Crippen LogP contribution in [0.2, 0.25) is 10.0 Å². The minimum Gasteiger partial charge on any atom is -0.461 e. The molecule has 1 saturated heterocycles. The fraction of sp³-hybridized carbons (Fsp3) is 0.304. The van der Waals surface area contributed by atoms with Gasteiger partial charge in [-0.1, -0.05) is 47.5 Å². The second-order valence-electron chi connectivity index (χ2n) is 7.77. The molecule has 0 radical (unpaired) electrons. The molecular formula is C23H24Cl2N2O5S. The molecule has 3 aromatic rings. The lowest BCUT2D eigenvalue weighted by atomic mass is 10.0. The fourth-order valence-corrected chi connectivity index (χ4v) is 6.00. The average molecular weight is 511 g/mol. The number of hydrogen-bond acceptors (Lipinski definition) is 6. The SMILES string of the molecule is CCOC(=O)c1c(C(=O)C2CNCCS2(O)O)c2ccccc2n1Cc1ccc(Cl)c(Cl)c1. The second-order valence-corrected chi connectivity index (χ2v) is 11.0. The van der Waals surface area contributed by atoms with Crippen LogP contribution >= 0.6 is 33.8 Å². The highest BCUT2D eigenvalue weighted by Gasteiger charge is 2.39. The minimum atomic E-state index is -3.16. The van der Waals surface area contributed by atoms with Crippen LogP contribution in [0.5, 0.6) is 0 Å². The molecule has 0 amide bonds. The van der Waals surface area contributed by atoms with Crippen LogP contribution in [0.1, 0.15) is 33.3 Å². The predicted octanol–water partition coefficient (Wildman–Crippen LogP) is 5.08. The van der Waals surface area contributed by atoms with Gasteiger partial charge in [-0.2, -0.15) is 10.6 Å². The Balaban J connectivity index is 1.92. The van der Waals surface area contributed by atoms with E-state index in [0.29, 0.717) is 27.5 Å². The van der Waals surface area contributed by atoms with Crippen molar-refractivity contribution in [2.45, 2.75) is 18.7 Å². The van der Waals surface area contributed by atoms with Crippen molar-refractivity contribution in [1.29, 1.82) is 0 Å². The molecule has 4 rings (SSSR count). The Morgan fingerprint density at radius 2 is 1.94 bits per heavy atom. The number of Topliss-reactive ketones (excluding diaryl/α,β-unsaturated/α-hetero) is 1. The highest BCUT2D eigenvalue weighted by atomic mass is 35.5. The van der Waals surface area contributed by atoms with Gasteiger partial charge in [-0.3, -0.25) is 13.9 Å². The number of para-hydroxylation sites is 1. The van der Waals surface area contributed by atoms with Crippen molar-refractivity contribution >= 4 is 56.4 Å². The van der Waals surface area contributed by atoms with Gasteiger partial charge >= 0.3 is 5.97 Å². The van der Waals surface area contributed by atoms with E-state index in [0.717, 1.165) is 5.56 Å². The molecule has 1 fully saturated rings. The number of fused-ring (bicyclic) bond motifs is 1. The first-order valence-electron chi connectivity index (χ1n) is 10.5. The van der Waals surface area contributed by atoms with Gasteiger partial charge in [0, 0.05) is 30.5 Å². The number of benzene rings is 2. The van der Waals surface area contributed by atoms with Gasteiger partial charge in [-0.05, 0) is 30.7 Å². The Kier molecular flexibility index (Phi) is 7.04. The molecule has 0 aliphatic carbocycles. The maximum atomic E-state index is 13.7. The van der Waals surface area contributed by atoms with Crippen molar-refractivity contribution in [3.63, 3.8) is 0 Å². The van der Waals surface area contributed by atoms with Gasteiger partial charge in [0.25, 0.3) is 0 Å². The predicted molar refractivity (Wildman–Crippen MR) is 132 cm³/mol. The number of ketones is 1. The van der Waals surface area contributed by atoms with E-state index in [2.05, 4.69) is 5.32 Å². The molecule has 1 aromatic heterocycles. The Hall–Kier alpha value is -2.07. The summed E-state index contributed by atoms with van der Waals surface area (Å²) in [5.74, 6) is -1.06. The number of carbonyl (C=O) groups excluding carboxylic acids is 2. The van der Waals surface area contributed by atoms with Crippen molar-refractivity contribution in [1.82, 2.24) is 9.88 Å². The summed E-state index contributed by atoms with van der Waals surface area (Å²) in [6.45, 7) is 2.58. The zero-order valence-corrected chi connectivity index (χ0v) is 20.2. The third kappa shape index (κ3) is 4.64. The lowest BCUT2D eigenvalue weighted by molar-refractivity contribution is 0.0511. The normalized spacial score (nSPS) is 18.8. The summed E-state index contributed by atoms with van der Waals surface area (Å²) in [4.78, 5) is 26.9. The highest BCUT2D eigenvalue weighted by Crippen LogP contribution is 2.47. The van der Waals surface area contributed by atoms with Crippen molar-refractivity contribution in [3.05, 3.63) is 69.3 Å². The minimum absolute atomic E-state index is 0.0786. The lowest BCUT2D eigenvalue weighted by Gasteiger charge is -2.42. The van der Waals surface area contributed by atoms with Gasteiger partial charge in [-0.15, -0.1) is 0 Å². The summed E-state index contributed by atoms with van der Waals surface area (Å²) < 4.78 is 28.2. The van der Waals surface area contributed by atoms with Gasteiger partial charge in [0.1, 0.15) is 10.9 Å². The van der Waals surface area contributed by atoms with Crippen LogP contribution in [-0.2, 0) is 11.3 Å². The third-order valence-corrected chi connectivity index (χ3v) is 8.50. The van der Waals surface area contributed by atoms with Crippen LogP contribution in [0, 0.1) is 0 Å². The van der Waals surface area contributed by atoms with Crippen molar-refractivity contribution in [2.75, 3.05) is 25.4 Å². The van der Waals surface area contributed by atoms with Gasteiger partial charge in [0.05, 0.1) is 28.0 Å². The van der Waals surface area contributed by atoms with E-state index in [1.807, 2.05) is 12.1 Å². The second kappa shape index (κ2) is 9.66. The number of hydrogen-bond donors (Lipinski definition) is 3. The zero-order chi connectivity index (χ0) is 23.8. The average Bonchev–Trinajstić information content (AvgIpc) is 3.10. The summed E-state index contributed by atoms with van der Waals surface area (Å²) in [5.41, 5.74) is 1.64. The number of rotatable bonds is 6. The quantitative estimate of drug-likeness (QED) is 0.315. The first-order chi connectivity index (χ1) is 15.7. The number of ether oxygens (including phenoxy) is 1. The van der Waals surface area contributed by atoms with Gasteiger partial charge < -0.3 is 14.6 Å². The Labute approximate surface area is 203 Å². The Bertz CT molecular complexity index is 1230. The molecule has 1 aliphatic rings. The van der Waals surface area contributed by atoms with Crippen LogP contribution in [0.15, 0.2) is 42.5 Å². The largest absolute Gasteiger partial charge is 0.461 e. The van der Waals surface area contributed by atoms with E-state index in [9.17, 15) is 18.7 Å². The van der Waals surface area contributed by atoms with E-state index in [-0.39, 0.29) is 36.7 Å². The molecule has 0 saturated carbocycles. The van der Waals surface area contributed by atoms with Crippen LogP contribution in [-0.4, -0.2) is 56.1 Å². The monoisotopic (exact) mass is 510 g/mol. The Morgan fingerprint density at radius 3 is 2.64 bits per heavy atom. The summed E-state index contributed by atoms with van der Waals surface area (Å²) >= 11 is 12.2. The molecule has 2 heterocycles. The number of halogens is 2. The topological polar surface area (TPSA) is 101 Å². The van der Waals surface area contributed by atoms with E-state index in [4.69, 9.17) is 27.9 Å². The summed E-state index contributed by atoms with van der Waals surface area (Å²) in [5, 5.41) is 3.33. The molecule has 2 aromatic carbocycles. The Morgan fingerprint density at radius 1 is 1.18 bits per heavy atom. The standard InChI is InChI=1S/C23H24Cl2N2O5S/c1-2-32-23(29)21-20(22(28)19-12-26-9-10-33(19,30)31)15-5-3-4-6-18(15)27(21)13-14-7-8-16(24)17(25)11-14/h3-8,11,19,26,30-31H,2,9-10,12-13H2,1H3. The molecule has 7 nitrogen and oxygen atoms in total. The smallest absolute Gasteiger partial charge is 0.355 e. The molecule has 0 bridgehead atoms. The van der Waals surface area contributed by atoms with Crippen molar-refractivity contribution in [2.24, 2.45) is 0 Å². The van der Waals surface area contributed by atoms with Crippen LogP contribution in [0.25, 0.3) is 10.9 Å². The molecule has 33 heavy (non-hydrogen) atoms. The fourth-order valence-electron chi connectivity index (χ4n) is 4.11. The third-order valence-electron chi connectivity index (χ3n) is 5.67. The maximum Gasteiger partial charge on any atom is 0.355 e. The van der Waals surface area contributed by atoms with Crippen LogP contribution < -0.4 is 5.32 Å². The molecule has 1 aliphatic heterocycles. The molecule has 3 N–H and O–H groups in total. The van der Waals surface area contributed by atoms with E-state index in [1.165, 1.54) is 0 Å². The van der Waals surface area contributed by atoms with Gasteiger partial charge in [0.15, 0.2) is 5.78 Å². The first-order valence-corrected chi connectivity index (χ1v) is 13.0. The molecule has 0 spiro atoms. The van der Waals surface area contributed by atoms with Gasteiger partial charge in [-0.25, -0.2) is 4.79 Å². The number of nitrogens with zero attached hydrogens (tertiary/aromatic N) is 1. The van der Waals surface area contributed by atoms with E-state index >= 15 is 0 Å². The lowest BCUT2D eigenvalue weighted by Crippen LogP contribution is -2.45. The number of nitrogens with one attached hydrogen (secondary N) is 1. The first kappa shape index (κ1) is 24.1. The number of aromatic nitrogens is 1. The van der Waals surface area contributed by atoms with E-state index in [1.54, 1.807) is 41.8 Å². The van der Waals surface area contributed by atoms with Gasteiger partial charge in [0.2, 0.25) is 0 Å². The van der Waals surface area contributed by atoms with Crippen molar-refractivity contribution in [3.8, 4) is 0 Å². The molecule has 10 heteroatoms. The highest BCUT2D eigenvalue weighted by molar-refractivity contribution is 8.25. The molecule has 1 unspecified atom stereocenters. The van der Waals surface area contributed by atoms with E-state index < -0.39 is 27.6 Å². The summed E-state index contributed by atoms with van der Waals surface area (Å²) in [7, 11) is -3.16. The van der Waals surface area contributed by atoms with Crippen LogP contribution in [0.3, 0.4) is 0 Å². The maximum absolute atomic E-state index is 13.7. The number of esters is 1. The summed E-state index contributed by atoms with van der Waals surface area (Å²) in [6.07, 6.45) is 0. The summed E-state index contributed by atoms with van der Waals surface area (Å²) in [6, 6.07) is 12.3. The molecular weight excluding hydrogens is 487 g/mol. The van der Waals surface area contributed by atoms with Crippen LogP contribution in [0.4, 0.5) is 0 Å². The zero-order valence-electron chi connectivity index (χ0n) is 17.9. The molecule has 1 atom stereocenters.